The molecule has 2 aliphatic rings. The number of benzene rings is 1. The molecule has 0 radical (unpaired) electrons. The molecular weight excluding hydrogens is 577 g/mol. The molecule has 1 aliphatic carbocycles. The molecule has 0 bridgehead atoms. The summed E-state index contributed by atoms with van der Waals surface area (Å²) in [5.41, 5.74) is 2.42. The van der Waals surface area contributed by atoms with Crippen LogP contribution in [0.5, 0.6) is 5.88 Å². The number of hydrogen-bond acceptors (Lipinski definition) is 9. The molecule has 212 valence electrons. The fourth-order valence-corrected chi connectivity index (χ4v) is 8.85. The Morgan fingerprint density at radius 3 is 2.68 bits per heavy atom. The monoisotopic (exact) mass is 606 g/mol. The molecule has 12 heteroatoms. The van der Waals surface area contributed by atoms with Crippen LogP contribution in [0.1, 0.15) is 30.6 Å². The SMILES string of the molecule is O=S(=O)(c1cccs1)N(CC1CC1)c1cccc2cc(-c3ncc(CN4CCC(Oc5cnccn5)CC4)s3)[nH]c12. The first-order valence-corrected chi connectivity index (χ1v) is 16.9. The summed E-state index contributed by atoms with van der Waals surface area (Å²) in [4.78, 5) is 20.2. The number of nitrogens with zero attached hydrogens (tertiary/aromatic N) is 5. The van der Waals surface area contributed by atoms with Gasteiger partial charge < -0.3 is 9.72 Å². The van der Waals surface area contributed by atoms with Gasteiger partial charge >= 0.3 is 0 Å². The molecule has 1 N–H and O–H groups in total. The second-order valence-electron chi connectivity index (χ2n) is 10.6. The van der Waals surface area contributed by atoms with Gasteiger partial charge in [-0.1, -0.05) is 18.2 Å². The molecule has 0 amide bonds. The van der Waals surface area contributed by atoms with Gasteiger partial charge in [-0.3, -0.25) is 14.2 Å². The summed E-state index contributed by atoms with van der Waals surface area (Å²) < 4.78 is 35.3. The highest BCUT2D eigenvalue weighted by atomic mass is 32.2. The number of H-pyrrole nitrogens is 1. The van der Waals surface area contributed by atoms with Crippen LogP contribution in [0, 0.1) is 5.92 Å². The minimum Gasteiger partial charge on any atom is -0.473 e. The molecule has 2 fully saturated rings. The zero-order valence-corrected chi connectivity index (χ0v) is 24.8. The Hall–Kier alpha value is -3.32. The second-order valence-corrected chi connectivity index (χ2v) is 14.8. The van der Waals surface area contributed by atoms with E-state index < -0.39 is 10.0 Å². The maximum atomic E-state index is 13.7. The average Bonchev–Trinajstić information content (AvgIpc) is 3.37. The van der Waals surface area contributed by atoms with E-state index in [1.165, 1.54) is 16.2 Å². The molecule has 5 aromatic rings. The smallest absolute Gasteiger partial charge is 0.273 e. The fourth-order valence-electron chi connectivity index (χ4n) is 5.27. The molecule has 0 unspecified atom stereocenters. The van der Waals surface area contributed by atoms with Gasteiger partial charge in [0.05, 0.1) is 23.1 Å². The minimum atomic E-state index is -3.65. The van der Waals surface area contributed by atoms with E-state index in [9.17, 15) is 8.42 Å². The van der Waals surface area contributed by atoms with Crippen molar-refractivity contribution in [3.05, 3.63) is 71.4 Å². The van der Waals surface area contributed by atoms with E-state index in [0.29, 0.717) is 28.2 Å². The van der Waals surface area contributed by atoms with Gasteiger partial charge in [0.2, 0.25) is 5.88 Å². The van der Waals surface area contributed by atoms with Crippen molar-refractivity contribution in [2.45, 2.75) is 42.5 Å². The number of nitrogens with one attached hydrogen (secondary N) is 1. The molecule has 9 nitrogen and oxygen atoms in total. The standard InChI is InChI=1S/C29H30N6O3S3/c36-41(37,27-5-2-14-39-27)35(18-20-6-7-20)25-4-1-3-21-15-24(33-28(21)25)29-32-16-23(40-29)19-34-12-8-22(9-13-34)38-26-17-30-10-11-31-26/h1-5,10-11,14-17,20,22,33H,6-9,12-13,18-19H2. The summed E-state index contributed by atoms with van der Waals surface area (Å²) >= 11 is 2.93. The Balaban J connectivity index is 1.07. The first-order valence-electron chi connectivity index (χ1n) is 13.8. The Morgan fingerprint density at radius 2 is 1.93 bits per heavy atom. The van der Waals surface area contributed by atoms with E-state index in [2.05, 4.69) is 25.9 Å². The number of piperidine rings is 1. The third-order valence-corrected chi connectivity index (χ3v) is 11.8. The number of aromatic nitrogens is 4. The number of ether oxygens (including phenoxy) is 1. The number of fused-ring (bicyclic) bond motifs is 1. The topological polar surface area (TPSA) is 104 Å². The third kappa shape index (κ3) is 5.74. The number of hydrogen-bond donors (Lipinski definition) is 1. The van der Waals surface area contributed by atoms with E-state index in [0.717, 1.165) is 66.9 Å². The van der Waals surface area contributed by atoms with Crippen molar-refractivity contribution in [2.24, 2.45) is 5.92 Å². The van der Waals surface area contributed by atoms with Crippen LogP contribution in [-0.2, 0) is 16.6 Å². The summed E-state index contributed by atoms with van der Waals surface area (Å²) in [6, 6.07) is 11.4. The zero-order chi connectivity index (χ0) is 27.8. The lowest BCUT2D eigenvalue weighted by atomic mass is 10.1. The molecule has 1 aromatic carbocycles. The van der Waals surface area contributed by atoms with Crippen molar-refractivity contribution in [1.29, 1.82) is 0 Å². The summed E-state index contributed by atoms with van der Waals surface area (Å²) in [6.07, 6.45) is 11.1. The Labute approximate surface area is 246 Å². The lowest BCUT2D eigenvalue weighted by Crippen LogP contribution is -2.37. The van der Waals surface area contributed by atoms with Crippen LogP contribution in [0.4, 0.5) is 5.69 Å². The number of rotatable bonds is 10. The summed E-state index contributed by atoms with van der Waals surface area (Å²) in [5.74, 6) is 0.985. The fraction of sp³-hybridized carbons (Fsp3) is 0.345. The summed E-state index contributed by atoms with van der Waals surface area (Å²) in [6.45, 7) is 3.23. The first kappa shape index (κ1) is 26.6. The number of thiazole rings is 1. The number of likely N-dealkylation sites (tertiary alicyclic amines) is 1. The minimum absolute atomic E-state index is 0.156. The van der Waals surface area contributed by atoms with E-state index in [-0.39, 0.29) is 6.10 Å². The number of para-hydroxylation sites is 1. The Kier molecular flexibility index (Phi) is 7.23. The first-order chi connectivity index (χ1) is 20.0. The highest BCUT2D eigenvalue weighted by Gasteiger charge is 2.34. The lowest BCUT2D eigenvalue weighted by molar-refractivity contribution is 0.0934. The largest absolute Gasteiger partial charge is 0.473 e. The van der Waals surface area contributed by atoms with Crippen LogP contribution in [0.15, 0.2) is 70.8 Å². The zero-order valence-electron chi connectivity index (χ0n) is 22.3. The molecule has 41 heavy (non-hydrogen) atoms. The molecule has 1 saturated carbocycles. The molecule has 0 atom stereocenters. The quantitative estimate of drug-likeness (QED) is 0.215. The normalized spacial score (nSPS) is 16.8. The van der Waals surface area contributed by atoms with Crippen LogP contribution >= 0.6 is 22.7 Å². The number of aromatic amines is 1. The van der Waals surface area contributed by atoms with Gasteiger partial charge in [0.25, 0.3) is 10.0 Å². The van der Waals surface area contributed by atoms with E-state index in [1.807, 2.05) is 29.8 Å². The maximum Gasteiger partial charge on any atom is 0.273 e. The predicted molar refractivity (Wildman–Crippen MR) is 162 cm³/mol. The highest BCUT2D eigenvalue weighted by molar-refractivity contribution is 7.94. The van der Waals surface area contributed by atoms with Gasteiger partial charge in [-0.15, -0.1) is 22.7 Å². The van der Waals surface area contributed by atoms with Crippen LogP contribution < -0.4 is 9.04 Å². The van der Waals surface area contributed by atoms with Gasteiger partial charge in [-0.2, -0.15) is 0 Å². The Bertz CT molecular complexity index is 1720. The van der Waals surface area contributed by atoms with Crippen molar-refractivity contribution < 1.29 is 13.2 Å². The second kappa shape index (κ2) is 11.2. The molecule has 1 aliphatic heterocycles. The highest BCUT2D eigenvalue weighted by Crippen LogP contribution is 2.39. The molecule has 5 heterocycles. The van der Waals surface area contributed by atoms with Crippen LogP contribution in [0.2, 0.25) is 0 Å². The Morgan fingerprint density at radius 1 is 1.05 bits per heavy atom. The van der Waals surface area contributed by atoms with Crippen molar-refractivity contribution in [2.75, 3.05) is 23.9 Å². The number of thiophene rings is 1. The van der Waals surface area contributed by atoms with Gasteiger partial charge in [0.1, 0.15) is 15.3 Å². The predicted octanol–water partition coefficient (Wildman–Crippen LogP) is 5.79. The van der Waals surface area contributed by atoms with E-state index >= 15 is 0 Å². The van der Waals surface area contributed by atoms with Crippen molar-refractivity contribution in [1.82, 2.24) is 24.8 Å². The van der Waals surface area contributed by atoms with Crippen LogP contribution in [0.25, 0.3) is 21.6 Å². The van der Waals surface area contributed by atoms with Gasteiger partial charge in [-0.25, -0.2) is 18.4 Å². The lowest BCUT2D eigenvalue weighted by Gasteiger charge is -2.31. The third-order valence-electron chi connectivity index (χ3n) is 7.59. The van der Waals surface area contributed by atoms with Gasteiger partial charge in [0.15, 0.2) is 0 Å². The maximum absolute atomic E-state index is 13.7. The number of sulfonamides is 1. The van der Waals surface area contributed by atoms with Gasteiger partial charge in [0, 0.05) is 55.0 Å². The molecule has 1 saturated heterocycles. The van der Waals surface area contributed by atoms with Gasteiger partial charge in [-0.05, 0) is 55.2 Å². The van der Waals surface area contributed by atoms with Crippen LogP contribution in [0.3, 0.4) is 0 Å². The molecule has 4 aromatic heterocycles. The van der Waals surface area contributed by atoms with E-state index in [4.69, 9.17) is 9.72 Å². The van der Waals surface area contributed by atoms with Crippen LogP contribution in [-0.4, -0.2) is 59.0 Å². The summed E-state index contributed by atoms with van der Waals surface area (Å²) in [5, 5.41) is 3.69. The van der Waals surface area contributed by atoms with Crippen molar-refractivity contribution in [3.63, 3.8) is 0 Å². The van der Waals surface area contributed by atoms with Crippen molar-refractivity contribution in [3.8, 4) is 16.6 Å². The van der Waals surface area contributed by atoms with E-state index in [1.54, 1.807) is 46.4 Å². The molecule has 7 rings (SSSR count). The molecular formula is C29H30N6O3S3. The summed E-state index contributed by atoms with van der Waals surface area (Å²) in [7, 11) is -3.65. The molecule has 0 spiro atoms. The van der Waals surface area contributed by atoms with Crippen molar-refractivity contribution >= 4 is 49.3 Å². The average molecular weight is 607 g/mol. The number of anilines is 1.